The monoisotopic (exact) mass is 285 g/mol. The summed E-state index contributed by atoms with van der Waals surface area (Å²) < 4.78 is 11.5. The molecule has 0 bridgehead atoms. The van der Waals surface area contributed by atoms with E-state index in [-0.39, 0.29) is 12.1 Å². The zero-order valence-electron chi connectivity index (χ0n) is 12.3. The maximum Gasteiger partial charge on any atom is 0.0808 e. The van der Waals surface area contributed by atoms with Gasteiger partial charge >= 0.3 is 0 Å². The molecule has 0 saturated carbocycles. The maximum absolute atomic E-state index is 6.31. The van der Waals surface area contributed by atoms with Crippen molar-refractivity contribution in [3.63, 3.8) is 0 Å². The molecule has 0 aliphatic carbocycles. The van der Waals surface area contributed by atoms with E-state index in [0.29, 0.717) is 13.2 Å². The molecule has 1 aliphatic heterocycles. The van der Waals surface area contributed by atoms with Crippen LogP contribution in [0.3, 0.4) is 0 Å². The second kappa shape index (κ2) is 7.03. The van der Waals surface area contributed by atoms with Gasteiger partial charge in [-0.05, 0) is 35.6 Å². The molecular weight excluding hydrogens is 262 g/mol. The average molecular weight is 285 g/mol. The number of ether oxygens (including phenoxy) is 2. The van der Waals surface area contributed by atoms with Crippen molar-refractivity contribution < 1.29 is 9.47 Å². The summed E-state index contributed by atoms with van der Waals surface area (Å²) in [6, 6.07) is 14.5. The summed E-state index contributed by atoms with van der Waals surface area (Å²) in [5, 5.41) is 2.44. The molecule has 3 heteroatoms. The van der Waals surface area contributed by atoms with Gasteiger partial charge in [0.2, 0.25) is 0 Å². The van der Waals surface area contributed by atoms with Crippen LogP contribution < -0.4 is 5.73 Å². The first-order valence-corrected chi connectivity index (χ1v) is 7.77. The van der Waals surface area contributed by atoms with Crippen molar-refractivity contribution in [1.82, 2.24) is 0 Å². The van der Waals surface area contributed by atoms with Gasteiger partial charge in [-0.2, -0.15) is 0 Å². The summed E-state index contributed by atoms with van der Waals surface area (Å²) >= 11 is 0. The number of hydrogen-bond acceptors (Lipinski definition) is 3. The molecule has 1 aliphatic rings. The van der Waals surface area contributed by atoms with Crippen LogP contribution in [0, 0.1) is 0 Å². The summed E-state index contributed by atoms with van der Waals surface area (Å²) in [6.45, 7) is 2.05. The molecule has 1 saturated heterocycles. The third-order valence-electron chi connectivity index (χ3n) is 4.10. The van der Waals surface area contributed by atoms with Gasteiger partial charge < -0.3 is 15.2 Å². The van der Waals surface area contributed by atoms with Crippen LogP contribution in [-0.2, 0) is 9.47 Å². The lowest BCUT2D eigenvalue weighted by Crippen LogP contribution is -2.26. The van der Waals surface area contributed by atoms with E-state index in [1.54, 1.807) is 0 Å². The van der Waals surface area contributed by atoms with E-state index in [4.69, 9.17) is 15.2 Å². The third-order valence-corrected chi connectivity index (χ3v) is 4.10. The lowest BCUT2D eigenvalue weighted by Gasteiger charge is -2.23. The van der Waals surface area contributed by atoms with Gasteiger partial charge in [-0.3, -0.25) is 0 Å². The van der Waals surface area contributed by atoms with Crippen LogP contribution in [0.25, 0.3) is 10.8 Å². The second-order valence-electron chi connectivity index (χ2n) is 5.70. The lowest BCUT2D eigenvalue weighted by molar-refractivity contribution is -0.0427. The van der Waals surface area contributed by atoms with Gasteiger partial charge in [0.1, 0.15) is 0 Å². The summed E-state index contributed by atoms with van der Waals surface area (Å²) in [4.78, 5) is 0. The molecule has 2 atom stereocenters. The van der Waals surface area contributed by atoms with Gasteiger partial charge in [0.25, 0.3) is 0 Å². The standard InChI is InChI=1S/C18H23NO2/c19-18(13-20-12-15-8-3-4-11-21-15)17-10-5-7-14-6-1-2-9-16(14)17/h1-2,5-7,9-10,15,18H,3-4,8,11-13,19H2. The minimum Gasteiger partial charge on any atom is -0.377 e. The van der Waals surface area contributed by atoms with Gasteiger partial charge in [0.15, 0.2) is 0 Å². The molecule has 0 radical (unpaired) electrons. The Hall–Kier alpha value is -1.42. The number of hydrogen-bond donors (Lipinski definition) is 1. The van der Waals surface area contributed by atoms with E-state index in [0.717, 1.165) is 18.6 Å². The molecule has 2 aromatic carbocycles. The summed E-state index contributed by atoms with van der Waals surface area (Å²) in [5.74, 6) is 0. The number of benzene rings is 2. The van der Waals surface area contributed by atoms with Crippen molar-refractivity contribution in [2.45, 2.75) is 31.4 Å². The highest BCUT2D eigenvalue weighted by Gasteiger charge is 2.15. The Balaban J connectivity index is 1.60. The molecule has 2 unspecified atom stereocenters. The maximum atomic E-state index is 6.31. The number of rotatable bonds is 5. The van der Waals surface area contributed by atoms with Gasteiger partial charge in [-0.1, -0.05) is 42.5 Å². The predicted molar refractivity (Wildman–Crippen MR) is 85.3 cm³/mol. The lowest BCUT2D eigenvalue weighted by atomic mass is 10.00. The highest BCUT2D eigenvalue weighted by atomic mass is 16.5. The summed E-state index contributed by atoms with van der Waals surface area (Å²) in [7, 11) is 0. The van der Waals surface area contributed by atoms with Crippen LogP contribution in [-0.4, -0.2) is 25.9 Å². The Morgan fingerprint density at radius 3 is 2.86 bits per heavy atom. The zero-order valence-corrected chi connectivity index (χ0v) is 12.3. The van der Waals surface area contributed by atoms with Crippen molar-refractivity contribution in [3.05, 3.63) is 48.0 Å². The van der Waals surface area contributed by atoms with Gasteiger partial charge in [-0.15, -0.1) is 0 Å². The van der Waals surface area contributed by atoms with Crippen molar-refractivity contribution in [2.75, 3.05) is 19.8 Å². The van der Waals surface area contributed by atoms with Crippen LogP contribution in [0.4, 0.5) is 0 Å². The smallest absolute Gasteiger partial charge is 0.0808 e. The Morgan fingerprint density at radius 1 is 1.14 bits per heavy atom. The molecule has 0 aromatic heterocycles. The first kappa shape index (κ1) is 14.5. The molecular formula is C18H23NO2. The van der Waals surface area contributed by atoms with Gasteiger partial charge in [-0.25, -0.2) is 0 Å². The van der Waals surface area contributed by atoms with Gasteiger partial charge in [0.05, 0.1) is 25.4 Å². The predicted octanol–water partition coefficient (Wildman–Crippen LogP) is 3.43. The highest BCUT2D eigenvalue weighted by molar-refractivity contribution is 5.86. The van der Waals surface area contributed by atoms with Gasteiger partial charge in [0, 0.05) is 6.61 Å². The van der Waals surface area contributed by atoms with Crippen LogP contribution in [0.5, 0.6) is 0 Å². The minimum absolute atomic E-state index is 0.0975. The molecule has 21 heavy (non-hydrogen) atoms. The molecule has 1 heterocycles. The first-order valence-electron chi connectivity index (χ1n) is 7.77. The average Bonchev–Trinajstić information content (AvgIpc) is 2.55. The molecule has 0 spiro atoms. The van der Waals surface area contributed by atoms with E-state index >= 15 is 0 Å². The fourth-order valence-electron chi connectivity index (χ4n) is 2.93. The molecule has 3 rings (SSSR count). The highest BCUT2D eigenvalue weighted by Crippen LogP contribution is 2.23. The van der Waals surface area contributed by atoms with Crippen LogP contribution >= 0.6 is 0 Å². The van der Waals surface area contributed by atoms with E-state index in [1.165, 1.54) is 23.6 Å². The van der Waals surface area contributed by atoms with E-state index in [2.05, 4.69) is 42.5 Å². The third kappa shape index (κ3) is 3.62. The fraction of sp³-hybridized carbons (Fsp3) is 0.444. The topological polar surface area (TPSA) is 44.5 Å². The number of fused-ring (bicyclic) bond motifs is 1. The van der Waals surface area contributed by atoms with E-state index in [9.17, 15) is 0 Å². The Labute approximate surface area is 126 Å². The van der Waals surface area contributed by atoms with Crippen molar-refractivity contribution in [2.24, 2.45) is 5.73 Å². The Morgan fingerprint density at radius 2 is 2.00 bits per heavy atom. The fourth-order valence-corrected chi connectivity index (χ4v) is 2.93. The summed E-state index contributed by atoms with van der Waals surface area (Å²) in [5.41, 5.74) is 7.46. The molecule has 0 amide bonds. The zero-order chi connectivity index (χ0) is 14.5. The SMILES string of the molecule is NC(COCC1CCCCO1)c1cccc2ccccc12. The normalized spacial score (nSPS) is 20.5. The Kier molecular flexibility index (Phi) is 4.86. The quantitative estimate of drug-likeness (QED) is 0.915. The first-order chi connectivity index (χ1) is 10.3. The van der Waals surface area contributed by atoms with E-state index < -0.39 is 0 Å². The van der Waals surface area contributed by atoms with Crippen molar-refractivity contribution >= 4 is 10.8 Å². The molecule has 1 fully saturated rings. The van der Waals surface area contributed by atoms with Crippen LogP contribution in [0.15, 0.2) is 42.5 Å². The van der Waals surface area contributed by atoms with E-state index in [1.807, 2.05) is 0 Å². The van der Waals surface area contributed by atoms with Crippen molar-refractivity contribution in [3.8, 4) is 0 Å². The second-order valence-corrected chi connectivity index (χ2v) is 5.70. The number of nitrogens with two attached hydrogens (primary N) is 1. The largest absolute Gasteiger partial charge is 0.377 e. The van der Waals surface area contributed by atoms with Crippen molar-refractivity contribution in [1.29, 1.82) is 0 Å². The minimum atomic E-state index is -0.0975. The Bertz CT molecular complexity index is 573. The molecule has 3 nitrogen and oxygen atoms in total. The molecule has 112 valence electrons. The van der Waals surface area contributed by atoms with Crippen LogP contribution in [0.1, 0.15) is 30.9 Å². The molecule has 2 N–H and O–H groups in total. The van der Waals surface area contributed by atoms with Crippen LogP contribution in [0.2, 0.25) is 0 Å². The molecule has 2 aromatic rings. The summed E-state index contributed by atoms with van der Waals surface area (Å²) in [6.07, 6.45) is 3.76.